The summed E-state index contributed by atoms with van der Waals surface area (Å²) in [5.74, 6) is 0.784. The van der Waals surface area contributed by atoms with Gasteiger partial charge in [0.25, 0.3) is 0 Å². The second-order valence-electron chi connectivity index (χ2n) is 2.82. The smallest absolute Gasteiger partial charge is 0.121 e. The molecular formula is C9H16AcO. The van der Waals surface area contributed by atoms with E-state index in [-0.39, 0.29) is 44.1 Å². The van der Waals surface area contributed by atoms with Crippen LogP contribution in [0.2, 0.25) is 0 Å². The van der Waals surface area contributed by atoms with Crippen molar-refractivity contribution in [3.05, 3.63) is 18.1 Å². The third kappa shape index (κ3) is 13.7. The minimum atomic E-state index is 0. The molecule has 0 aliphatic carbocycles. The van der Waals surface area contributed by atoms with E-state index in [2.05, 4.69) is 19.6 Å². The van der Waals surface area contributed by atoms with E-state index in [1.807, 2.05) is 6.08 Å². The summed E-state index contributed by atoms with van der Waals surface area (Å²) >= 11 is 0. The van der Waals surface area contributed by atoms with Gasteiger partial charge in [0.1, 0.15) is 6.26 Å². The van der Waals surface area contributed by atoms with Gasteiger partial charge in [-0.05, 0) is 24.8 Å². The predicted molar refractivity (Wildman–Crippen MR) is 44.0 cm³/mol. The van der Waals surface area contributed by atoms with Gasteiger partial charge in [0.15, 0.2) is 0 Å². The fraction of sp³-hybridized carbons (Fsp3) is 0.667. The van der Waals surface area contributed by atoms with Gasteiger partial charge in [0.05, 0.1) is 0 Å². The summed E-state index contributed by atoms with van der Waals surface area (Å²) in [7, 11) is 0. The van der Waals surface area contributed by atoms with Crippen LogP contribution in [0.1, 0.15) is 33.1 Å². The number of aliphatic hydroxyl groups is 1. The molecule has 0 aromatic heterocycles. The monoisotopic (exact) mass is 367 g/mol. The van der Waals surface area contributed by atoms with Crippen LogP contribution in [-0.4, -0.2) is 5.11 Å². The van der Waals surface area contributed by atoms with Gasteiger partial charge in [-0.1, -0.05) is 26.0 Å². The van der Waals surface area contributed by atoms with Crippen molar-refractivity contribution in [2.75, 3.05) is 0 Å². The first kappa shape index (κ1) is 14.3. The van der Waals surface area contributed by atoms with Gasteiger partial charge in [-0.3, -0.25) is 0 Å². The Kier molecular flexibility index (Phi) is 14.0. The molecular weight excluding hydrogens is 351 g/mol. The van der Waals surface area contributed by atoms with E-state index in [1.165, 1.54) is 12.8 Å². The maximum absolute atomic E-state index is 8.21. The molecule has 0 unspecified atom stereocenters. The third-order valence-corrected chi connectivity index (χ3v) is 1.32. The average molecular weight is 367 g/mol. The molecule has 61 valence electrons. The molecule has 0 saturated carbocycles. The third-order valence-electron chi connectivity index (χ3n) is 1.32. The Morgan fingerprint density at radius 3 is 2.55 bits per heavy atom. The van der Waals surface area contributed by atoms with Crippen LogP contribution < -0.4 is 0 Å². The Bertz CT molecular complexity index is 124. The molecule has 1 N–H and O–H groups in total. The van der Waals surface area contributed by atoms with Crippen molar-refractivity contribution < 1.29 is 49.2 Å². The van der Waals surface area contributed by atoms with Gasteiger partial charge in [-0.2, -0.15) is 0 Å². The predicted octanol–water partition coefficient (Wildman–Crippen LogP) is 3.04. The van der Waals surface area contributed by atoms with Gasteiger partial charge >= 0.3 is 0 Å². The molecule has 0 amide bonds. The molecule has 0 fully saturated rings. The van der Waals surface area contributed by atoms with Crippen LogP contribution in [0, 0.1) is 50.0 Å². The van der Waals surface area contributed by atoms with Crippen molar-refractivity contribution in [3.63, 3.8) is 0 Å². The van der Waals surface area contributed by atoms with E-state index in [0.29, 0.717) is 0 Å². The SMILES string of the molecule is CC(C)CCCC=C=CO.[Ac]. The molecule has 0 atom stereocenters. The summed E-state index contributed by atoms with van der Waals surface area (Å²) in [4.78, 5) is 0. The Hall–Kier alpha value is 0.762. The molecule has 0 aromatic rings. The first-order valence-corrected chi connectivity index (χ1v) is 3.81. The second-order valence-corrected chi connectivity index (χ2v) is 2.82. The molecule has 0 saturated heterocycles. The second kappa shape index (κ2) is 10.8. The molecule has 0 aliphatic rings. The van der Waals surface area contributed by atoms with Crippen LogP contribution in [0.4, 0.5) is 0 Å². The number of unbranched alkanes of at least 4 members (excludes halogenated alkanes) is 1. The number of aliphatic hydroxyl groups excluding tert-OH is 1. The molecule has 2 heteroatoms. The van der Waals surface area contributed by atoms with Gasteiger partial charge in [-0.25, -0.2) is 0 Å². The Morgan fingerprint density at radius 2 is 2.09 bits per heavy atom. The molecule has 0 aliphatic heterocycles. The maximum atomic E-state index is 8.21. The fourth-order valence-corrected chi connectivity index (χ4v) is 0.764. The Labute approximate surface area is 105 Å². The van der Waals surface area contributed by atoms with E-state index in [4.69, 9.17) is 5.11 Å². The van der Waals surface area contributed by atoms with E-state index in [9.17, 15) is 0 Å². The molecule has 0 heterocycles. The van der Waals surface area contributed by atoms with Crippen LogP contribution in [0.15, 0.2) is 18.1 Å². The van der Waals surface area contributed by atoms with Gasteiger partial charge in [-0.15, -0.1) is 0 Å². The van der Waals surface area contributed by atoms with Crippen molar-refractivity contribution in [2.45, 2.75) is 33.1 Å². The number of allylic oxidation sites excluding steroid dienone is 1. The number of rotatable bonds is 4. The number of hydrogen-bond acceptors (Lipinski definition) is 1. The van der Waals surface area contributed by atoms with Crippen molar-refractivity contribution in [3.8, 4) is 0 Å². The summed E-state index contributed by atoms with van der Waals surface area (Å²) in [5.41, 5.74) is 2.63. The number of hydrogen-bond donors (Lipinski definition) is 1. The van der Waals surface area contributed by atoms with Crippen LogP contribution in [0.25, 0.3) is 0 Å². The minimum absolute atomic E-state index is 0. The summed E-state index contributed by atoms with van der Waals surface area (Å²) in [6.07, 6.45) is 6.29. The zero-order chi connectivity index (χ0) is 7.82. The Morgan fingerprint density at radius 1 is 1.45 bits per heavy atom. The Balaban J connectivity index is 0. The van der Waals surface area contributed by atoms with Crippen molar-refractivity contribution in [1.82, 2.24) is 0 Å². The summed E-state index contributed by atoms with van der Waals surface area (Å²) in [6.45, 7) is 4.43. The zero-order valence-electron chi connectivity index (χ0n) is 7.38. The largest absolute Gasteiger partial charge is 0.507 e. The molecule has 0 rings (SSSR count). The van der Waals surface area contributed by atoms with Crippen molar-refractivity contribution >= 4 is 0 Å². The van der Waals surface area contributed by atoms with Crippen LogP contribution in [0.5, 0.6) is 0 Å². The summed E-state index contributed by atoms with van der Waals surface area (Å²) < 4.78 is 0. The molecule has 1 nitrogen and oxygen atoms in total. The standard InChI is InChI=1S/C9H16O.Ac/c1-9(2)7-5-3-4-6-8-10;/h4,8-10H,3,5,7H2,1-2H3;. The van der Waals surface area contributed by atoms with E-state index in [1.54, 1.807) is 0 Å². The normalized spacial score (nSPS) is 8.27. The summed E-state index contributed by atoms with van der Waals surface area (Å²) in [5, 5.41) is 8.21. The fourth-order valence-electron chi connectivity index (χ4n) is 0.764. The molecule has 11 heavy (non-hydrogen) atoms. The van der Waals surface area contributed by atoms with Crippen LogP contribution in [-0.2, 0) is 0 Å². The van der Waals surface area contributed by atoms with Gasteiger partial charge in [0.2, 0.25) is 0 Å². The van der Waals surface area contributed by atoms with E-state index < -0.39 is 0 Å². The molecule has 0 bridgehead atoms. The molecule has 1 radical (unpaired) electrons. The minimum Gasteiger partial charge on any atom is -0.507 e. The van der Waals surface area contributed by atoms with Crippen LogP contribution in [0.3, 0.4) is 0 Å². The van der Waals surface area contributed by atoms with Crippen molar-refractivity contribution in [1.29, 1.82) is 0 Å². The van der Waals surface area contributed by atoms with E-state index >= 15 is 0 Å². The van der Waals surface area contributed by atoms with Gasteiger partial charge < -0.3 is 5.11 Å². The average Bonchev–Trinajstić information content (AvgIpc) is 1.87. The molecule has 0 spiro atoms. The first-order chi connectivity index (χ1) is 4.77. The molecule has 0 aromatic carbocycles. The topological polar surface area (TPSA) is 20.2 Å². The van der Waals surface area contributed by atoms with Crippen molar-refractivity contribution in [2.24, 2.45) is 5.92 Å². The quantitative estimate of drug-likeness (QED) is 0.460. The van der Waals surface area contributed by atoms with Crippen LogP contribution >= 0.6 is 0 Å². The van der Waals surface area contributed by atoms with Gasteiger partial charge in [0, 0.05) is 44.1 Å². The zero-order valence-corrected chi connectivity index (χ0v) is 12.1. The first-order valence-electron chi connectivity index (χ1n) is 3.81. The van der Waals surface area contributed by atoms with E-state index in [0.717, 1.165) is 18.6 Å². The maximum Gasteiger partial charge on any atom is 0.121 e. The summed E-state index contributed by atoms with van der Waals surface area (Å²) in [6, 6.07) is 0.